The van der Waals surface area contributed by atoms with Crippen LogP contribution < -0.4 is 0 Å². The van der Waals surface area contributed by atoms with Crippen molar-refractivity contribution in [2.24, 2.45) is 0 Å². The van der Waals surface area contributed by atoms with Gasteiger partial charge >= 0.3 is 0 Å². The third-order valence-electron chi connectivity index (χ3n) is 4.12. The smallest absolute Gasteiger partial charge is 0.274 e. The summed E-state index contributed by atoms with van der Waals surface area (Å²) >= 11 is 5.96. The minimum atomic E-state index is 0.00923. The maximum absolute atomic E-state index is 12.6. The van der Waals surface area contributed by atoms with E-state index in [1.54, 1.807) is 22.9 Å². The van der Waals surface area contributed by atoms with Crippen LogP contribution in [0.4, 0.5) is 0 Å². The minimum absolute atomic E-state index is 0.00923. The van der Waals surface area contributed by atoms with E-state index in [2.05, 4.69) is 16.8 Å². The van der Waals surface area contributed by atoms with Crippen LogP contribution in [0.3, 0.4) is 0 Å². The van der Waals surface area contributed by atoms with E-state index < -0.39 is 0 Å². The van der Waals surface area contributed by atoms with Crippen molar-refractivity contribution < 1.29 is 4.79 Å². The Balaban J connectivity index is 1.66. The molecule has 22 heavy (non-hydrogen) atoms. The lowest BCUT2D eigenvalue weighted by molar-refractivity contribution is 0.0630. The van der Waals surface area contributed by atoms with Crippen molar-refractivity contribution in [1.82, 2.24) is 19.2 Å². The highest BCUT2D eigenvalue weighted by molar-refractivity contribution is 6.30. The second-order valence-corrected chi connectivity index (χ2v) is 6.16. The Labute approximate surface area is 135 Å². The summed E-state index contributed by atoms with van der Waals surface area (Å²) in [5.74, 6) is 0.00923. The predicted octanol–water partition coefficient (Wildman–Crippen LogP) is 2.55. The maximum Gasteiger partial charge on any atom is 0.274 e. The summed E-state index contributed by atoms with van der Waals surface area (Å²) in [6.45, 7) is 6.78. The van der Waals surface area contributed by atoms with E-state index in [0.29, 0.717) is 10.7 Å². The summed E-state index contributed by atoms with van der Waals surface area (Å²) in [7, 11) is 0. The molecule has 3 heterocycles. The topological polar surface area (TPSA) is 40.9 Å². The standard InChI is InChI=1S/C16H21ClN4O/c1-2-3-6-19-7-9-20(10-8-19)16(22)14-12-21-11-13(17)4-5-15(21)18-14/h4-5,11-12H,2-3,6-10H2,1H3. The van der Waals surface area contributed by atoms with Crippen molar-refractivity contribution in [2.75, 3.05) is 32.7 Å². The average molecular weight is 321 g/mol. The molecule has 2 aromatic heterocycles. The number of unbranched alkanes of at least 4 members (excludes halogenated alkanes) is 1. The van der Waals surface area contributed by atoms with Crippen molar-refractivity contribution in [3.63, 3.8) is 0 Å². The molecule has 1 aliphatic heterocycles. The Hall–Kier alpha value is -1.59. The molecule has 0 atom stereocenters. The lowest BCUT2D eigenvalue weighted by Crippen LogP contribution is -2.48. The molecule has 0 aromatic carbocycles. The molecule has 0 saturated carbocycles. The Kier molecular flexibility index (Phi) is 4.64. The van der Waals surface area contributed by atoms with E-state index in [0.717, 1.165) is 38.4 Å². The number of carbonyl (C=O) groups excluding carboxylic acids is 1. The molecule has 0 radical (unpaired) electrons. The van der Waals surface area contributed by atoms with Crippen LogP contribution in [0.15, 0.2) is 24.5 Å². The van der Waals surface area contributed by atoms with Gasteiger partial charge in [-0.2, -0.15) is 0 Å². The number of rotatable bonds is 4. The number of pyridine rings is 1. The maximum atomic E-state index is 12.6. The van der Waals surface area contributed by atoms with E-state index in [9.17, 15) is 4.79 Å². The number of fused-ring (bicyclic) bond motifs is 1. The van der Waals surface area contributed by atoms with Crippen molar-refractivity contribution in [2.45, 2.75) is 19.8 Å². The molecule has 1 aliphatic rings. The SMILES string of the molecule is CCCCN1CCN(C(=O)c2cn3cc(Cl)ccc3n2)CC1. The van der Waals surface area contributed by atoms with Crippen LogP contribution in [0.2, 0.25) is 5.02 Å². The van der Waals surface area contributed by atoms with Crippen LogP contribution in [-0.2, 0) is 0 Å². The summed E-state index contributed by atoms with van der Waals surface area (Å²) in [5, 5.41) is 0.633. The van der Waals surface area contributed by atoms with Crippen molar-refractivity contribution >= 4 is 23.2 Å². The summed E-state index contributed by atoms with van der Waals surface area (Å²) in [4.78, 5) is 21.3. The fourth-order valence-corrected chi connectivity index (χ4v) is 2.95. The largest absolute Gasteiger partial charge is 0.335 e. The second-order valence-electron chi connectivity index (χ2n) is 5.73. The van der Waals surface area contributed by atoms with Crippen LogP contribution >= 0.6 is 11.6 Å². The summed E-state index contributed by atoms with van der Waals surface area (Å²) in [6, 6.07) is 3.60. The van der Waals surface area contributed by atoms with Crippen LogP contribution in [0.5, 0.6) is 0 Å². The molecule has 3 rings (SSSR count). The third kappa shape index (κ3) is 3.25. The highest BCUT2D eigenvalue weighted by Gasteiger charge is 2.23. The van der Waals surface area contributed by atoms with Crippen LogP contribution in [0.25, 0.3) is 5.65 Å². The number of carbonyl (C=O) groups is 1. The van der Waals surface area contributed by atoms with Crippen molar-refractivity contribution in [3.05, 3.63) is 35.2 Å². The van der Waals surface area contributed by atoms with Gasteiger partial charge in [0.15, 0.2) is 0 Å². The Morgan fingerprint density at radius 3 is 2.73 bits per heavy atom. The number of aromatic nitrogens is 2. The van der Waals surface area contributed by atoms with Crippen LogP contribution in [-0.4, -0.2) is 57.8 Å². The van der Waals surface area contributed by atoms with Gasteiger partial charge in [0, 0.05) is 38.6 Å². The molecule has 0 bridgehead atoms. The molecule has 0 spiro atoms. The molecule has 1 fully saturated rings. The molecule has 6 heteroatoms. The van der Waals surface area contributed by atoms with Gasteiger partial charge < -0.3 is 9.30 Å². The molecule has 5 nitrogen and oxygen atoms in total. The van der Waals surface area contributed by atoms with Gasteiger partial charge in [0.2, 0.25) is 0 Å². The van der Waals surface area contributed by atoms with Crippen molar-refractivity contribution in [1.29, 1.82) is 0 Å². The Bertz CT molecular complexity index is 661. The average Bonchev–Trinajstić information content (AvgIpc) is 2.95. The molecular formula is C16H21ClN4O. The van der Waals surface area contributed by atoms with Gasteiger partial charge in [0.05, 0.1) is 5.02 Å². The number of imidazole rings is 1. The van der Waals surface area contributed by atoms with Gasteiger partial charge in [0.1, 0.15) is 11.3 Å². The number of nitrogens with zero attached hydrogens (tertiary/aromatic N) is 4. The van der Waals surface area contributed by atoms with Crippen LogP contribution in [0, 0.1) is 0 Å². The zero-order valence-electron chi connectivity index (χ0n) is 12.8. The number of hydrogen-bond donors (Lipinski definition) is 0. The predicted molar refractivity (Wildman–Crippen MR) is 87.5 cm³/mol. The fourth-order valence-electron chi connectivity index (χ4n) is 2.79. The molecule has 1 saturated heterocycles. The second kappa shape index (κ2) is 6.67. The molecule has 0 aliphatic carbocycles. The molecular weight excluding hydrogens is 300 g/mol. The normalized spacial score (nSPS) is 16.4. The fraction of sp³-hybridized carbons (Fsp3) is 0.500. The van der Waals surface area contributed by atoms with E-state index in [1.807, 2.05) is 11.0 Å². The first-order valence-corrected chi connectivity index (χ1v) is 8.21. The van der Waals surface area contributed by atoms with Gasteiger partial charge in [0.25, 0.3) is 5.91 Å². The molecule has 0 N–H and O–H groups in total. The Morgan fingerprint density at radius 1 is 1.23 bits per heavy atom. The number of piperazine rings is 1. The first kappa shape index (κ1) is 15.3. The Morgan fingerprint density at radius 2 is 2.00 bits per heavy atom. The van der Waals surface area contributed by atoms with Gasteiger partial charge in [-0.25, -0.2) is 4.98 Å². The summed E-state index contributed by atoms with van der Waals surface area (Å²) in [5.41, 5.74) is 1.23. The van der Waals surface area contributed by atoms with Crippen molar-refractivity contribution in [3.8, 4) is 0 Å². The van der Waals surface area contributed by atoms with Gasteiger partial charge in [-0.15, -0.1) is 0 Å². The van der Waals surface area contributed by atoms with E-state index in [1.165, 1.54) is 12.8 Å². The highest BCUT2D eigenvalue weighted by atomic mass is 35.5. The monoisotopic (exact) mass is 320 g/mol. The molecule has 2 aromatic rings. The number of halogens is 1. The molecule has 0 unspecified atom stereocenters. The van der Waals surface area contributed by atoms with Gasteiger partial charge in [-0.1, -0.05) is 24.9 Å². The summed E-state index contributed by atoms with van der Waals surface area (Å²) < 4.78 is 1.80. The number of hydrogen-bond acceptors (Lipinski definition) is 3. The quantitative estimate of drug-likeness (QED) is 0.869. The highest BCUT2D eigenvalue weighted by Crippen LogP contribution is 2.14. The zero-order chi connectivity index (χ0) is 15.5. The first-order chi connectivity index (χ1) is 10.7. The zero-order valence-corrected chi connectivity index (χ0v) is 13.6. The lowest BCUT2D eigenvalue weighted by Gasteiger charge is -2.34. The molecule has 118 valence electrons. The van der Waals surface area contributed by atoms with Gasteiger partial charge in [-0.3, -0.25) is 9.69 Å². The summed E-state index contributed by atoms with van der Waals surface area (Å²) in [6.07, 6.45) is 5.96. The molecule has 1 amide bonds. The van der Waals surface area contributed by atoms with E-state index in [4.69, 9.17) is 11.6 Å². The first-order valence-electron chi connectivity index (χ1n) is 7.83. The van der Waals surface area contributed by atoms with Crippen LogP contribution in [0.1, 0.15) is 30.3 Å². The van der Waals surface area contributed by atoms with E-state index >= 15 is 0 Å². The lowest BCUT2D eigenvalue weighted by atomic mass is 10.2. The van der Waals surface area contributed by atoms with Gasteiger partial charge in [-0.05, 0) is 25.1 Å². The van der Waals surface area contributed by atoms with E-state index in [-0.39, 0.29) is 5.91 Å². The minimum Gasteiger partial charge on any atom is -0.335 e. The number of amides is 1. The third-order valence-corrected chi connectivity index (χ3v) is 4.35.